The molecule has 0 aliphatic carbocycles. The van der Waals surface area contributed by atoms with E-state index >= 15 is 0 Å². The predicted octanol–water partition coefficient (Wildman–Crippen LogP) is 3.97. The van der Waals surface area contributed by atoms with Gasteiger partial charge in [-0.15, -0.1) is 0 Å². The zero-order valence-electron chi connectivity index (χ0n) is 16.8. The fourth-order valence-electron chi connectivity index (χ4n) is 2.72. The van der Waals surface area contributed by atoms with Crippen molar-refractivity contribution in [3.05, 3.63) is 54.1 Å². The molecular weight excluding hydrogens is 376 g/mol. The number of sulfonamides is 1. The highest BCUT2D eigenvalue weighted by molar-refractivity contribution is 7.92. The van der Waals surface area contributed by atoms with E-state index in [4.69, 9.17) is 4.74 Å². The van der Waals surface area contributed by atoms with Crippen LogP contribution in [-0.2, 0) is 14.8 Å². The van der Waals surface area contributed by atoms with Crippen LogP contribution in [0.2, 0.25) is 0 Å². The van der Waals surface area contributed by atoms with Gasteiger partial charge in [-0.05, 0) is 51.5 Å². The Morgan fingerprint density at radius 3 is 2.36 bits per heavy atom. The second kappa shape index (κ2) is 9.59. The molecule has 0 unspecified atom stereocenters. The molecule has 2 rings (SSSR count). The molecule has 0 saturated heterocycles. The molecule has 0 spiro atoms. The van der Waals surface area contributed by atoms with E-state index in [0.29, 0.717) is 23.5 Å². The van der Waals surface area contributed by atoms with Gasteiger partial charge in [-0.2, -0.15) is 0 Å². The summed E-state index contributed by atoms with van der Waals surface area (Å²) in [5.41, 5.74) is 2.27. The third-order valence-corrected chi connectivity index (χ3v) is 5.21. The van der Waals surface area contributed by atoms with Crippen molar-refractivity contribution in [1.29, 1.82) is 0 Å². The second-order valence-electron chi connectivity index (χ2n) is 6.99. The highest BCUT2D eigenvalue weighted by Crippen LogP contribution is 2.25. The van der Waals surface area contributed by atoms with Crippen molar-refractivity contribution in [3.8, 4) is 5.75 Å². The first-order valence-corrected chi connectivity index (χ1v) is 11.1. The summed E-state index contributed by atoms with van der Waals surface area (Å²) >= 11 is 0. The monoisotopic (exact) mass is 404 g/mol. The first kappa shape index (κ1) is 21.8. The summed E-state index contributed by atoms with van der Waals surface area (Å²) in [7, 11) is -3.43. The van der Waals surface area contributed by atoms with E-state index < -0.39 is 10.0 Å². The van der Waals surface area contributed by atoms with E-state index in [1.54, 1.807) is 24.3 Å². The summed E-state index contributed by atoms with van der Waals surface area (Å²) in [4.78, 5) is 12.3. The van der Waals surface area contributed by atoms with Crippen molar-refractivity contribution in [2.45, 2.75) is 39.7 Å². The lowest BCUT2D eigenvalue weighted by Crippen LogP contribution is -2.31. The number of ether oxygens (including phenoxy) is 1. The van der Waals surface area contributed by atoms with Crippen LogP contribution >= 0.6 is 0 Å². The van der Waals surface area contributed by atoms with Gasteiger partial charge < -0.3 is 10.1 Å². The largest absolute Gasteiger partial charge is 0.489 e. The van der Waals surface area contributed by atoms with E-state index in [1.165, 1.54) is 10.6 Å². The molecule has 0 fully saturated rings. The average molecular weight is 405 g/mol. The number of carbonyl (C=O) groups excluding carboxylic acids is 1. The van der Waals surface area contributed by atoms with E-state index in [1.807, 2.05) is 45.0 Å². The molecule has 0 saturated carbocycles. The molecule has 2 aromatic rings. The Hall–Kier alpha value is -2.54. The maximum absolute atomic E-state index is 12.3. The highest BCUT2D eigenvalue weighted by atomic mass is 32.2. The summed E-state index contributed by atoms with van der Waals surface area (Å²) in [5, 5.41) is 2.84. The van der Waals surface area contributed by atoms with Crippen LogP contribution in [0.3, 0.4) is 0 Å². The van der Waals surface area contributed by atoms with Crippen LogP contribution in [0.15, 0.2) is 48.5 Å². The first-order chi connectivity index (χ1) is 13.2. The molecule has 7 heteroatoms. The van der Waals surface area contributed by atoms with Gasteiger partial charge in [0.25, 0.3) is 0 Å². The Kier molecular flexibility index (Phi) is 7.45. The van der Waals surface area contributed by atoms with E-state index in [2.05, 4.69) is 5.32 Å². The van der Waals surface area contributed by atoms with E-state index in [9.17, 15) is 13.2 Å². The maximum atomic E-state index is 12.3. The Labute approximate surface area is 167 Å². The first-order valence-electron chi connectivity index (χ1n) is 9.26. The molecule has 28 heavy (non-hydrogen) atoms. The maximum Gasteiger partial charge on any atom is 0.232 e. The molecule has 1 amide bonds. The lowest BCUT2D eigenvalue weighted by molar-refractivity contribution is -0.116. The lowest BCUT2D eigenvalue weighted by Gasteiger charge is -2.22. The number of nitrogens with one attached hydrogen (secondary N) is 1. The van der Waals surface area contributed by atoms with Gasteiger partial charge in [0.2, 0.25) is 15.9 Å². The van der Waals surface area contributed by atoms with Crippen LogP contribution in [0.25, 0.3) is 0 Å². The van der Waals surface area contributed by atoms with Crippen LogP contribution in [0.5, 0.6) is 5.75 Å². The van der Waals surface area contributed by atoms with E-state index in [0.717, 1.165) is 5.56 Å². The van der Waals surface area contributed by atoms with Gasteiger partial charge in [0, 0.05) is 13.0 Å². The fourth-order valence-corrected chi connectivity index (χ4v) is 3.69. The summed E-state index contributed by atoms with van der Waals surface area (Å²) in [5.74, 6) is 0.431. The van der Waals surface area contributed by atoms with E-state index in [-0.39, 0.29) is 25.0 Å². The van der Waals surface area contributed by atoms with Crippen molar-refractivity contribution < 1.29 is 17.9 Å². The second-order valence-corrected chi connectivity index (χ2v) is 8.89. The molecule has 1 N–H and O–H groups in total. The molecule has 2 aromatic carbocycles. The minimum atomic E-state index is -3.43. The van der Waals surface area contributed by atoms with Gasteiger partial charge in [-0.25, -0.2) is 8.42 Å². The quantitative estimate of drug-likeness (QED) is 0.686. The standard InChI is InChI=1S/C21H28N2O4S/c1-16(2)27-20-9-6-5-8-19(20)22-21(24)10-7-15-23(28(4,25)26)18-13-11-17(3)12-14-18/h5-6,8-9,11-14,16H,7,10,15H2,1-4H3,(H,22,24). The molecule has 0 radical (unpaired) electrons. The summed E-state index contributed by atoms with van der Waals surface area (Å²) in [6, 6.07) is 14.5. The van der Waals surface area contributed by atoms with Crippen molar-refractivity contribution in [2.75, 3.05) is 22.4 Å². The number of carbonyl (C=O) groups is 1. The Bertz CT molecular complexity index is 893. The van der Waals surface area contributed by atoms with Gasteiger partial charge in [-0.3, -0.25) is 9.10 Å². The minimum Gasteiger partial charge on any atom is -0.489 e. The third kappa shape index (κ3) is 6.56. The number of aryl methyl sites for hydroxylation is 1. The summed E-state index contributed by atoms with van der Waals surface area (Å²) in [6.07, 6.45) is 1.77. The van der Waals surface area contributed by atoms with Crippen LogP contribution in [0, 0.1) is 6.92 Å². The molecule has 0 aliphatic rings. The molecule has 0 heterocycles. The molecule has 0 atom stereocenters. The van der Waals surface area contributed by atoms with Gasteiger partial charge in [-0.1, -0.05) is 29.8 Å². The third-order valence-electron chi connectivity index (χ3n) is 4.01. The number of rotatable bonds is 9. The van der Waals surface area contributed by atoms with Crippen LogP contribution in [-0.4, -0.2) is 33.2 Å². The van der Waals surface area contributed by atoms with Gasteiger partial charge in [0.15, 0.2) is 0 Å². The molecule has 0 aliphatic heterocycles. The normalized spacial score (nSPS) is 11.3. The summed E-state index contributed by atoms with van der Waals surface area (Å²) in [6.45, 7) is 6.02. The van der Waals surface area contributed by atoms with Gasteiger partial charge in [0.1, 0.15) is 5.75 Å². The van der Waals surface area contributed by atoms with Gasteiger partial charge in [0.05, 0.1) is 23.7 Å². The van der Waals surface area contributed by atoms with Crippen molar-refractivity contribution >= 4 is 27.3 Å². The molecule has 0 bridgehead atoms. The average Bonchev–Trinajstić information content (AvgIpc) is 2.60. The number of para-hydroxylation sites is 2. The van der Waals surface area contributed by atoms with Crippen molar-refractivity contribution in [2.24, 2.45) is 0 Å². The number of hydrogen-bond acceptors (Lipinski definition) is 4. The van der Waals surface area contributed by atoms with Crippen LogP contribution in [0.1, 0.15) is 32.3 Å². The Morgan fingerprint density at radius 1 is 1.11 bits per heavy atom. The smallest absolute Gasteiger partial charge is 0.232 e. The number of hydrogen-bond donors (Lipinski definition) is 1. The molecular formula is C21H28N2O4S. The molecule has 6 nitrogen and oxygen atoms in total. The SMILES string of the molecule is Cc1ccc(N(CCCC(=O)Nc2ccccc2OC(C)C)S(C)(=O)=O)cc1. The van der Waals surface area contributed by atoms with Crippen LogP contribution in [0.4, 0.5) is 11.4 Å². The zero-order valence-corrected chi connectivity index (χ0v) is 17.6. The Morgan fingerprint density at radius 2 is 1.75 bits per heavy atom. The predicted molar refractivity (Wildman–Crippen MR) is 113 cm³/mol. The van der Waals surface area contributed by atoms with Crippen molar-refractivity contribution in [1.82, 2.24) is 0 Å². The molecule has 0 aromatic heterocycles. The number of benzene rings is 2. The minimum absolute atomic E-state index is 0.00381. The topological polar surface area (TPSA) is 75.7 Å². The lowest BCUT2D eigenvalue weighted by atomic mass is 10.2. The Balaban J connectivity index is 1.97. The summed E-state index contributed by atoms with van der Waals surface area (Å²) < 4.78 is 31.3. The molecule has 152 valence electrons. The number of anilines is 2. The highest BCUT2D eigenvalue weighted by Gasteiger charge is 2.17. The zero-order chi connectivity index (χ0) is 20.7. The fraction of sp³-hybridized carbons (Fsp3) is 0.381. The van der Waals surface area contributed by atoms with Gasteiger partial charge >= 0.3 is 0 Å². The van der Waals surface area contributed by atoms with Crippen molar-refractivity contribution in [3.63, 3.8) is 0 Å². The van der Waals surface area contributed by atoms with Crippen LogP contribution < -0.4 is 14.4 Å². The number of nitrogens with zero attached hydrogens (tertiary/aromatic N) is 1. The number of amides is 1.